The molecule has 2 aliphatic rings. The van der Waals surface area contributed by atoms with E-state index in [1.807, 2.05) is 24.0 Å². The number of likely N-dealkylation sites (tertiary alicyclic amines) is 1. The predicted molar refractivity (Wildman–Crippen MR) is 99.3 cm³/mol. The lowest BCUT2D eigenvalue weighted by molar-refractivity contribution is -0.187. The summed E-state index contributed by atoms with van der Waals surface area (Å²) in [5, 5.41) is 0.609. The maximum Gasteiger partial charge on any atom is 0.224 e. The van der Waals surface area contributed by atoms with Crippen molar-refractivity contribution in [2.24, 2.45) is 0 Å². The van der Waals surface area contributed by atoms with Crippen molar-refractivity contribution >= 4 is 29.1 Å². The van der Waals surface area contributed by atoms with Gasteiger partial charge >= 0.3 is 0 Å². The number of nitrogens with zero attached hydrogens (tertiary/aromatic N) is 2. The Balaban J connectivity index is 1.56. The first-order valence-corrected chi connectivity index (χ1v) is 9.38. The Hall–Kier alpha value is -1.63. The molecule has 0 radical (unpaired) electrons. The molecule has 2 amide bonds. The van der Waals surface area contributed by atoms with Crippen LogP contribution in [-0.2, 0) is 19.1 Å². The molecule has 0 bridgehead atoms. The normalized spacial score (nSPS) is 19.0. The number of piperidine rings is 1. The van der Waals surface area contributed by atoms with Gasteiger partial charge in [-0.3, -0.25) is 9.59 Å². The van der Waals surface area contributed by atoms with Crippen LogP contribution in [0.25, 0.3) is 0 Å². The number of benzene rings is 1. The smallest absolute Gasteiger partial charge is 0.224 e. The zero-order chi connectivity index (χ0) is 18.7. The molecule has 3 rings (SSSR count). The van der Waals surface area contributed by atoms with E-state index in [1.54, 1.807) is 11.0 Å². The maximum atomic E-state index is 12.6. The highest BCUT2D eigenvalue weighted by Gasteiger charge is 2.40. The summed E-state index contributed by atoms with van der Waals surface area (Å²) >= 11 is 6.17. The minimum atomic E-state index is -0.485. The quantitative estimate of drug-likeness (QED) is 0.805. The standard InChI is InChI=1S/C19H25ClN2O4/c1-14-3-4-16(13-17(14)20)22(15(2)23)8-5-18(24)21-9-6-19(7-10-21)25-11-12-26-19/h3-4,13H,5-12H2,1-2H3. The van der Waals surface area contributed by atoms with Crippen LogP contribution in [0.4, 0.5) is 5.69 Å². The fourth-order valence-corrected chi connectivity index (χ4v) is 3.64. The van der Waals surface area contributed by atoms with E-state index in [1.165, 1.54) is 6.92 Å². The summed E-state index contributed by atoms with van der Waals surface area (Å²) in [6.07, 6.45) is 1.67. The number of halogens is 1. The lowest BCUT2D eigenvalue weighted by Gasteiger charge is -2.37. The Bertz CT molecular complexity index is 678. The molecule has 2 saturated heterocycles. The molecule has 2 fully saturated rings. The van der Waals surface area contributed by atoms with Gasteiger partial charge < -0.3 is 19.3 Å². The van der Waals surface area contributed by atoms with Crippen LogP contribution in [-0.4, -0.2) is 55.3 Å². The van der Waals surface area contributed by atoms with Crippen molar-refractivity contribution in [3.05, 3.63) is 28.8 Å². The van der Waals surface area contributed by atoms with Gasteiger partial charge in [0, 0.05) is 56.5 Å². The topological polar surface area (TPSA) is 59.1 Å². The van der Waals surface area contributed by atoms with Crippen molar-refractivity contribution < 1.29 is 19.1 Å². The third-order valence-corrected chi connectivity index (χ3v) is 5.50. The summed E-state index contributed by atoms with van der Waals surface area (Å²) in [5.41, 5.74) is 1.67. The summed E-state index contributed by atoms with van der Waals surface area (Å²) in [5.74, 6) is -0.550. The molecule has 7 heteroatoms. The summed E-state index contributed by atoms with van der Waals surface area (Å²) in [4.78, 5) is 28.0. The van der Waals surface area contributed by atoms with Crippen LogP contribution in [0.15, 0.2) is 18.2 Å². The molecular weight excluding hydrogens is 356 g/mol. The molecule has 0 N–H and O–H groups in total. The molecule has 2 heterocycles. The average Bonchev–Trinajstić information content (AvgIpc) is 3.06. The Kier molecular flexibility index (Phi) is 5.85. The summed E-state index contributed by atoms with van der Waals surface area (Å²) < 4.78 is 11.4. The minimum absolute atomic E-state index is 0.0438. The fourth-order valence-electron chi connectivity index (χ4n) is 3.47. The van der Waals surface area contributed by atoms with Gasteiger partial charge in [-0.15, -0.1) is 0 Å². The molecule has 1 aromatic carbocycles. The number of rotatable bonds is 4. The van der Waals surface area contributed by atoms with Crippen LogP contribution in [0.2, 0.25) is 5.02 Å². The Morgan fingerprint density at radius 2 is 1.88 bits per heavy atom. The number of anilines is 1. The molecule has 0 saturated carbocycles. The van der Waals surface area contributed by atoms with Gasteiger partial charge in [-0.1, -0.05) is 17.7 Å². The van der Waals surface area contributed by atoms with Gasteiger partial charge in [0.2, 0.25) is 11.8 Å². The van der Waals surface area contributed by atoms with Crippen molar-refractivity contribution in [1.82, 2.24) is 4.90 Å². The molecule has 0 aliphatic carbocycles. The second-order valence-corrected chi connectivity index (χ2v) is 7.25. The molecule has 2 aliphatic heterocycles. The lowest BCUT2D eigenvalue weighted by Crippen LogP contribution is -2.48. The molecule has 1 spiro atoms. The number of ether oxygens (including phenoxy) is 2. The first-order valence-electron chi connectivity index (χ1n) is 9.00. The lowest BCUT2D eigenvalue weighted by atomic mass is 10.0. The Morgan fingerprint density at radius 1 is 1.23 bits per heavy atom. The van der Waals surface area contributed by atoms with E-state index in [2.05, 4.69) is 0 Å². The van der Waals surface area contributed by atoms with Gasteiger partial charge in [0.25, 0.3) is 0 Å². The fraction of sp³-hybridized carbons (Fsp3) is 0.579. The number of carbonyl (C=O) groups excluding carboxylic acids is 2. The largest absolute Gasteiger partial charge is 0.347 e. The monoisotopic (exact) mass is 380 g/mol. The van der Waals surface area contributed by atoms with Gasteiger partial charge in [-0.25, -0.2) is 0 Å². The zero-order valence-electron chi connectivity index (χ0n) is 15.3. The van der Waals surface area contributed by atoms with E-state index < -0.39 is 5.79 Å². The maximum absolute atomic E-state index is 12.6. The summed E-state index contributed by atoms with van der Waals surface area (Å²) in [6, 6.07) is 5.50. The van der Waals surface area contributed by atoms with Crippen LogP contribution >= 0.6 is 11.6 Å². The van der Waals surface area contributed by atoms with Gasteiger partial charge in [0.15, 0.2) is 5.79 Å². The van der Waals surface area contributed by atoms with Gasteiger partial charge in [0.1, 0.15) is 0 Å². The molecule has 1 aromatic rings. The first kappa shape index (κ1) is 19.1. The molecular formula is C19H25ClN2O4. The molecule has 142 valence electrons. The van der Waals surface area contributed by atoms with Crippen molar-refractivity contribution in [2.45, 2.75) is 38.9 Å². The van der Waals surface area contributed by atoms with E-state index in [0.717, 1.165) is 5.56 Å². The SMILES string of the molecule is CC(=O)N(CCC(=O)N1CCC2(CC1)OCCO2)c1ccc(C)c(Cl)c1. The number of hydrogen-bond acceptors (Lipinski definition) is 4. The predicted octanol–water partition coefficient (Wildman–Crippen LogP) is 2.76. The van der Waals surface area contributed by atoms with Crippen LogP contribution < -0.4 is 4.90 Å². The Morgan fingerprint density at radius 3 is 2.46 bits per heavy atom. The van der Waals surface area contributed by atoms with Crippen molar-refractivity contribution in [2.75, 3.05) is 37.7 Å². The van der Waals surface area contributed by atoms with Crippen LogP contribution in [0, 0.1) is 6.92 Å². The first-order chi connectivity index (χ1) is 12.4. The van der Waals surface area contributed by atoms with Crippen molar-refractivity contribution in [3.63, 3.8) is 0 Å². The average molecular weight is 381 g/mol. The highest BCUT2D eigenvalue weighted by atomic mass is 35.5. The zero-order valence-corrected chi connectivity index (χ0v) is 16.1. The van der Waals surface area contributed by atoms with E-state index in [9.17, 15) is 9.59 Å². The third-order valence-electron chi connectivity index (χ3n) is 5.09. The highest BCUT2D eigenvalue weighted by molar-refractivity contribution is 6.31. The minimum Gasteiger partial charge on any atom is -0.347 e. The van der Waals surface area contributed by atoms with E-state index >= 15 is 0 Å². The third kappa shape index (κ3) is 4.19. The van der Waals surface area contributed by atoms with Gasteiger partial charge in [-0.05, 0) is 24.6 Å². The van der Waals surface area contributed by atoms with E-state index in [4.69, 9.17) is 21.1 Å². The molecule has 6 nitrogen and oxygen atoms in total. The van der Waals surface area contributed by atoms with E-state index in [-0.39, 0.29) is 18.2 Å². The van der Waals surface area contributed by atoms with Gasteiger partial charge in [0.05, 0.1) is 13.2 Å². The van der Waals surface area contributed by atoms with Crippen LogP contribution in [0.5, 0.6) is 0 Å². The molecule has 0 aromatic heterocycles. The van der Waals surface area contributed by atoms with Crippen molar-refractivity contribution in [3.8, 4) is 0 Å². The van der Waals surface area contributed by atoms with Gasteiger partial charge in [-0.2, -0.15) is 0 Å². The molecule has 26 heavy (non-hydrogen) atoms. The molecule has 0 atom stereocenters. The second kappa shape index (κ2) is 7.94. The van der Waals surface area contributed by atoms with Crippen LogP contribution in [0.3, 0.4) is 0 Å². The number of aryl methyl sites for hydroxylation is 1. The highest BCUT2D eigenvalue weighted by Crippen LogP contribution is 2.31. The Labute approximate surface area is 159 Å². The number of hydrogen-bond donors (Lipinski definition) is 0. The van der Waals surface area contributed by atoms with Crippen molar-refractivity contribution in [1.29, 1.82) is 0 Å². The summed E-state index contributed by atoms with van der Waals surface area (Å²) in [6.45, 7) is 6.24. The number of carbonyl (C=O) groups is 2. The van der Waals surface area contributed by atoms with Crippen LogP contribution in [0.1, 0.15) is 31.7 Å². The van der Waals surface area contributed by atoms with E-state index in [0.29, 0.717) is 56.4 Å². The number of amides is 2. The summed E-state index contributed by atoms with van der Waals surface area (Å²) in [7, 11) is 0. The molecule has 0 unspecified atom stereocenters. The second-order valence-electron chi connectivity index (χ2n) is 6.84.